The second kappa shape index (κ2) is 5.47. The first-order valence-corrected chi connectivity index (χ1v) is 6.05. The molecule has 0 fully saturated rings. The number of rotatable bonds is 2. The molecule has 2 rings (SSSR count). The molecular weight excluding hydrogens is 289 g/mol. The average Bonchev–Trinajstić information content (AvgIpc) is 2.41. The number of halogens is 2. The molecule has 0 spiro atoms. The number of benzene rings is 1. The fourth-order valence-electron chi connectivity index (χ4n) is 1.59. The van der Waals surface area contributed by atoms with E-state index < -0.39 is 11.5 Å². The van der Waals surface area contributed by atoms with E-state index in [0.717, 1.165) is 0 Å². The van der Waals surface area contributed by atoms with Crippen molar-refractivity contribution in [3.05, 3.63) is 56.4 Å². The Morgan fingerprint density at radius 1 is 1.16 bits per heavy atom. The Balaban J connectivity index is 2.49. The van der Waals surface area contributed by atoms with Gasteiger partial charge < -0.3 is 9.72 Å². The van der Waals surface area contributed by atoms with Crippen molar-refractivity contribution in [3.8, 4) is 11.1 Å². The Morgan fingerprint density at radius 2 is 1.89 bits per heavy atom. The van der Waals surface area contributed by atoms with Crippen molar-refractivity contribution in [2.45, 2.75) is 0 Å². The van der Waals surface area contributed by atoms with E-state index in [1.54, 1.807) is 18.2 Å². The topological polar surface area (TPSA) is 59.2 Å². The predicted molar refractivity (Wildman–Crippen MR) is 73.9 cm³/mol. The molecular formula is C13H9Cl2NO3. The van der Waals surface area contributed by atoms with Crippen LogP contribution in [0.15, 0.2) is 35.1 Å². The zero-order valence-electron chi connectivity index (χ0n) is 9.87. The molecule has 0 bridgehead atoms. The molecule has 0 aliphatic heterocycles. The maximum absolute atomic E-state index is 11.9. The summed E-state index contributed by atoms with van der Waals surface area (Å²) in [7, 11) is 1.24. The van der Waals surface area contributed by atoms with E-state index in [9.17, 15) is 9.59 Å². The van der Waals surface area contributed by atoms with Crippen LogP contribution in [0.2, 0.25) is 10.0 Å². The molecule has 1 aromatic heterocycles. The molecule has 0 atom stereocenters. The standard InChI is InChI=1S/C13H9Cl2NO3/c1-19-13(18)11-5-3-8(12(17)16-11)7-2-4-9(14)10(15)6-7/h2-6H,1H3,(H,16,17). The first-order valence-electron chi connectivity index (χ1n) is 5.30. The summed E-state index contributed by atoms with van der Waals surface area (Å²) in [5.74, 6) is -0.599. The van der Waals surface area contributed by atoms with Gasteiger partial charge in [-0.3, -0.25) is 4.79 Å². The van der Waals surface area contributed by atoms with Crippen LogP contribution in [0.1, 0.15) is 10.5 Å². The van der Waals surface area contributed by atoms with Gasteiger partial charge in [0.1, 0.15) is 5.69 Å². The van der Waals surface area contributed by atoms with Gasteiger partial charge in [0.15, 0.2) is 0 Å². The molecule has 0 amide bonds. The molecule has 1 aromatic carbocycles. The fraction of sp³-hybridized carbons (Fsp3) is 0.0769. The van der Waals surface area contributed by atoms with Crippen LogP contribution in [0, 0.1) is 0 Å². The van der Waals surface area contributed by atoms with Gasteiger partial charge in [0.05, 0.1) is 17.2 Å². The number of nitrogens with one attached hydrogen (secondary N) is 1. The van der Waals surface area contributed by atoms with E-state index in [-0.39, 0.29) is 5.69 Å². The molecule has 1 N–H and O–H groups in total. The molecule has 0 saturated carbocycles. The summed E-state index contributed by atoms with van der Waals surface area (Å²) >= 11 is 11.7. The van der Waals surface area contributed by atoms with E-state index in [2.05, 4.69) is 9.72 Å². The van der Waals surface area contributed by atoms with Gasteiger partial charge in [0, 0.05) is 5.56 Å². The Morgan fingerprint density at radius 3 is 2.47 bits per heavy atom. The van der Waals surface area contributed by atoms with E-state index in [0.29, 0.717) is 21.2 Å². The molecule has 0 unspecified atom stereocenters. The molecule has 0 aliphatic rings. The number of aromatic nitrogens is 1. The monoisotopic (exact) mass is 297 g/mol. The second-order valence-electron chi connectivity index (χ2n) is 3.74. The minimum atomic E-state index is -0.599. The molecule has 2 aromatic rings. The van der Waals surface area contributed by atoms with Gasteiger partial charge in [-0.1, -0.05) is 29.3 Å². The van der Waals surface area contributed by atoms with Gasteiger partial charge in [-0.25, -0.2) is 4.79 Å². The van der Waals surface area contributed by atoms with Gasteiger partial charge in [0.2, 0.25) is 0 Å². The van der Waals surface area contributed by atoms with Crippen molar-refractivity contribution in [2.24, 2.45) is 0 Å². The van der Waals surface area contributed by atoms with Crippen LogP contribution in [0.5, 0.6) is 0 Å². The van der Waals surface area contributed by atoms with Gasteiger partial charge >= 0.3 is 5.97 Å². The second-order valence-corrected chi connectivity index (χ2v) is 4.55. The normalized spacial score (nSPS) is 10.3. The summed E-state index contributed by atoms with van der Waals surface area (Å²) in [6.07, 6.45) is 0. The number of H-pyrrole nitrogens is 1. The third-order valence-corrected chi connectivity index (χ3v) is 3.28. The predicted octanol–water partition coefficient (Wildman–Crippen LogP) is 3.14. The number of hydrogen-bond acceptors (Lipinski definition) is 3. The van der Waals surface area contributed by atoms with Gasteiger partial charge in [0.25, 0.3) is 5.56 Å². The zero-order valence-corrected chi connectivity index (χ0v) is 11.4. The Bertz CT molecular complexity index is 695. The Kier molecular flexibility index (Phi) is 3.93. The lowest BCUT2D eigenvalue weighted by Crippen LogP contribution is -2.15. The van der Waals surface area contributed by atoms with Gasteiger partial charge in [-0.15, -0.1) is 0 Å². The number of ether oxygens (including phenoxy) is 1. The van der Waals surface area contributed by atoms with Gasteiger partial charge in [-0.2, -0.15) is 0 Å². The summed E-state index contributed by atoms with van der Waals surface area (Å²) in [4.78, 5) is 25.7. The van der Waals surface area contributed by atoms with Crippen molar-refractivity contribution >= 4 is 29.2 Å². The number of aromatic amines is 1. The van der Waals surface area contributed by atoms with Crippen LogP contribution in [-0.4, -0.2) is 18.1 Å². The van der Waals surface area contributed by atoms with Crippen molar-refractivity contribution < 1.29 is 9.53 Å². The maximum Gasteiger partial charge on any atom is 0.354 e. The number of methoxy groups -OCH3 is 1. The summed E-state index contributed by atoms with van der Waals surface area (Å²) in [5.41, 5.74) is 0.705. The smallest absolute Gasteiger partial charge is 0.354 e. The van der Waals surface area contributed by atoms with Crippen molar-refractivity contribution in [2.75, 3.05) is 7.11 Å². The van der Waals surface area contributed by atoms with E-state index in [4.69, 9.17) is 23.2 Å². The highest BCUT2D eigenvalue weighted by Gasteiger charge is 2.10. The highest BCUT2D eigenvalue weighted by molar-refractivity contribution is 6.42. The summed E-state index contributed by atoms with van der Waals surface area (Å²) < 4.78 is 4.52. The molecule has 1 heterocycles. The highest BCUT2D eigenvalue weighted by atomic mass is 35.5. The Labute approximate surface area is 118 Å². The summed E-state index contributed by atoms with van der Waals surface area (Å²) in [6.45, 7) is 0. The lowest BCUT2D eigenvalue weighted by molar-refractivity contribution is 0.0594. The van der Waals surface area contributed by atoms with Crippen LogP contribution >= 0.6 is 23.2 Å². The molecule has 4 nitrogen and oxygen atoms in total. The van der Waals surface area contributed by atoms with E-state index >= 15 is 0 Å². The first-order chi connectivity index (χ1) is 9.02. The van der Waals surface area contributed by atoms with Crippen molar-refractivity contribution in [3.63, 3.8) is 0 Å². The summed E-state index contributed by atoms with van der Waals surface area (Å²) in [5, 5.41) is 0.767. The molecule has 98 valence electrons. The number of carbonyl (C=O) groups is 1. The minimum absolute atomic E-state index is 0.0938. The maximum atomic E-state index is 11.9. The number of carbonyl (C=O) groups excluding carboxylic acids is 1. The van der Waals surface area contributed by atoms with Crippen LogP contribution in [-0.2, 0) is 4.74 Å². The third kappa shape index (κ3) is 2.80. The van der Waals surface area contributed by atoms with Crippen molar-refractivity contribution in [1.82, 2.24) is 4.98 Å². The number of esters is 1. The third-order valence-electron chi connectivity index (χ3n) is 2.55. The molecule has 0 radical (unpaired) electrons. The number of pyridine rings is 1. The van der Waals surface area contributed by atoms with Gasteiger partial charge in [-0.05, 0) is 29.8 Å². The fourth-order valence-corrected chi connectivity index (χ4v) is 1.89. The number of hydrogen-bond donors (Lipinski definition) is 1. The van der Waals surface area contributed by atoms with E-state index in [1.165, 1.54) is 19.2 Å². The molecule has 19 heavy (non-hydrogen) atoms. The zero-order chi connectivity index (χ0) is 14.0. The lowest BCUT2D eigenvalue weighted by atomic mass is 10.1. The van der Waals surface area contributed by atoms with Crippen LogP contribution < -0.4 is 5.56 Å². The highest BCUT2D eigenvalue weighted by Crippen LogP contribution is 2.26. The van der Waals surface area contributed by atoms with Crippen molar-refractivity contribution in [1.29, 1.82) is 0 Å². The quantitative estimate of drug-likeness (QED) is 0.866. The largest absolute Gasteiger partial charge is 0.464 e. The van der Waals surface area contributed by atoms with E-state index in [1.807, 2.05) is 0 Å². The SMILES string of the molecule is COC(=O)c1ccc(-c2ccc(Cl)c(Cl)c2)c(=O)[nH]1. The van der Waals surface area contributed by atoms with Crippen LogP contribution in [0.25, 0.3) is 11.1 Å². The average molecular weight is 298 g/mol. The molecule has 0 saturated heterocycles. The lowest BCUT2D eigenvalue weighted by Gasteiger charge is -2.04. The van der Waals surface area contributed by atoms with Crippen LogP contribution in [0.3, 0.4) is 0 Å². The molecule has 6 heteroatoms. The summed E-state index contributed by atoms with van der Waals surface area (Å²) in [6, 6.07) is 7.88. The molecule has 0 aliphatic carbocycles. The first kappa shape index (κ1) is 13.6. The minimum Gasteiger partial charge on any atom is -0.464 e. The Hall–Kier alpha value is -1.78. The van der Waals surface area contributed by atoms with Crippen LogP contribution in [0.4, 0.5) is 0 Å².